The predicted octanol–water partition coefficient (Wildman–Crippen LogP) is 3.18. The minimum Gasteiger partial charge on any atom is -0.488 e. The minimum absolute atomic E-state index is 0.0169. The number of halogens is 1. The summed E-state index contributed by atoms with van der Waals surface area (Å²) in [5.74, 6) is 0.381. The third-order valence-corrected chi connectivity index (χ3v) is 6.50. The first kappa shape index (κ1) is 18.7. The lowest BCUT2D eigenvalue weighted by molar-refractivity contribution is 0.0743. The molecule has 0 spiro atoms. The Bertz CT molecular complexity index is 896. The maximum Gasteiger partial charge on any atom is 0.257 e. The van der Waals surface area contributed by atoms with E-state index in [0.717, 1.165) is 5.56 Å². The van der Waals surface area contributed by atoms with Gasteiger partial charge in [-0.05, 0) is 36.2 Å². The Kier molecular flexibility index (Phi) is 5.53. The van der Waals surface area contributed by atoms with Crippen molar-refractivity contribution in [1.29, 1.82) is 0 Å². The largest absolute Gasteiger partial charge is 0.488 e. The number of rotatable bonds is 5. The number of hydrogen-bond acceptors (Lipinski definition) is 4. The van der Waals surface area contributed by atoms with E-state index in [1.165, 1.54) is 4.90 Å². The zero-order chi connectivity index (χ0) is 18.7. The smallest absolute Gasteiger partial charge is 0.257 e. The molecular formula is C19H20ClNO4S. The molecule has 138 valence electrons. The number of benzene rings is 2. The molecule has 7 heteroatoms. The average molecular weight is 394 g/mol. The van der Waals surface area contributed by atoms with E-state index in [1.54, 1.807) is 43.4 Å². The molecule has 0 N–H and O–H groups in total. The normalized spacial score (nSPS) is 18.5. The molecule has 5 nitrogen and oxygen atoms in total. The molecule has 1 aliphatic rings. The Morgan fingerprint density at radius 3 is 2.54 bits per heavy atom. The van der Waals surface area contributed by atoms with E-state index < -0.39 is 9.84 Å². The van der Waals surface area contributed by atoms with Crippen LogP contribution in [0.25, 0.3) is 0 Å². The van der Waals surface area contributed by atoms with Crippen molar-refractivity contribution in [2.24, 2.45) is 0 Å². The molecule has 0 radical (unpaired) electrons. The zero-order valence-electron chi connectivity index (χ0n) is 14.4. The van der Waals surface area contributed by atoms with Crippen LogP contribution in [0.1, 0.15) is 22.3 Å². The lowest BCUT2D eigenvalue weighted by atomic mass is 10.1. The molecule has 1 saturated heterocycles. The summed E-state index contributed by atoms with van der Waals surface area (Å²) in [6.45, 7) is 0.309. The Labute approximate surface area is 158 Å². The SMILES string of the molecule is CN(C(=O)c1ccccc1OCc1ccc(Cl)cc1)C1CCS(=O)(=O)C1. The van der Waals surface area contributed by atoms with Crippen molar-refractivity contribution < 1.29 is 17.9 Å². The van der Waals surface area contributed by atoms with Crippen molar-refractivity contribution in [3.63, 3.8) is 0 Å². The van der Waals surface area contributed by atoms with Crippen LogP contribution in [0.3, 0.4) is 0 Å². The first-order chi connectivity index (χ1) is 12.4. The van der Waals surface area contributed by atoms with Gasteiger partial charge in [-0.2, -0.15) is 0 Å². The summed E-state index contributed by atoms with van der Waals surface area (Å²) >= 11 is 5.88. The number of nitrogens with zero attached hydrogens (tertiary/aromatic N) is 1. The molecule has 1 atom stereocenters. The van der Waals surface area contributed by atoms with Crippen LogP contribution in [0, 0.1) is 0 Å². The fourth-order valence-electron chi connectivity index (χ4n) is 2.95. The fraction of sp³-hybridized carbons (Fsp3) is 0.316. The maximum atomic E-state index is 12.9. The molecule has 26 heavy (non-hydrogen) atoms. The first-order valence-electron chi connectivity index (χ1n) is 8.29. The van der Waals surface area contributed by atoms with Gasteiger partial charge in [0.25, 0.3) is 5.91 Å². The first-order valence-corrected chi connectivity index (χ1v) is 10.5. The highest BCUT2D eigenvalue weighted by atomic mass is 35.5. The molecule has 3 rings (SSSR count). The predicted molar refractivity (Wildman–Crippen MR) is 101 cm³/mol. The number of para-hydroxylation sites is 1. The fourth-order valence-corrected chi connectivity index (χ4v) is 4.85. The van der Waals surface area contributed by atoms with Crippen molar-refractivity contribution in [3.8, 4) is 5.75 Å². The topological polar surface area (TPSA) is 63.7 Å². The lowest BCUT2D eigenvalue weighted by Crippen LogP contribution is -2.38. The number of amides is 1. The van der Waals surface area contributed by atoms with Crippen molar-refractivity contribution in [1.82, 2.24) is 4.90 Å². The van der Waals surface area contributed by atoms with Crippen LogP contribution in [0.4, 0.5) is 0 Å². The molecule has 1 fully saturated rings. The molecule has 0 aromatic heterocycles. The summed E-state index contributed by atoms with van der Waals surface area (Å²) in [7, 11) is -1.41. The summed E-state index contributed by atoms with van der Waals surface area (Å²) < 4.78 is 29.2. The van der Waals surface area contributed by atoms with Crippen molar-refractivity contribution in [2.75, 3.05) is 18.6 Å². The van der Waals surface area contributed by atoms with Crippen LogP contribution in [-0.2, 0) is 16.4 Å². The molecule has 0 aliphatic carbocycles. The van der Waals surface area contributed by atoms with E-state index in [9.17, 15) is 13.2 Å². The number of sulfone groups is 1. The van der Waals surface area contributed by atoms with E-state index in [1.807, 2.05) is 12.1 Å². The highest BCUT2D eigenvalue weighted by Crippen LogP contribution is 2.24. The highest BCUT2D eigenvalue weighted by Gasteiger charge is 2.33. The van der Waals surface area contributed by atoms with Crippen LogP contribution >= 0.6 is 11.6 Å². The zero-order valence-corrected chi connectivity index (χ0v) is 16.0. The van der Waals surface area contributed by atoms with E-state index in [2.05, 4.69) is 0 Å². The molecule has 0 saturated carbocycles. The average Bonchev–Trinajstić information content (AvgIpc) is 3.00. The lowest BCUT2D eigenvalue weighted by Gasteiger charge is -2.24. The van der Waals surface area contributed by atoms with Gasteiger partial charge in [0, 0.05) is 18.1 Å². The monoisotopic (exact) mass is 393 g/mol. The van der Waals surface area contributed by atoms with Gasteiger partial charge in [-0.15, -0.1) is 0 Å². The quantitative estimate of drug-likeness (QED) is 0.782. The molecule has 1 amide bonds. The second-order valence-corrected chi connectivity index (χ2v) is 9.05. The molecule has 1 aliphatic heterocycles. The summed E-state index contributed by atoms with van der Waals surface area (Å²) in [4.78, 5) is 14.4. The maximum absolute atomic E-state index is 12.9. The number of carbonyl (C=O) groups excluding carboxylic acids is 1. The van der Waals surface area contributed by atoms with Crippen LogP contribution in [-0.4, -0.2) is 43.8 Å². The van der Waals surface area contributed by atoms with E-state index >= 15 is 0 Å². The Morgan fingerprint density at radius 1 is 1.19 bits per heavy atom. The Morgan fingerprint density at radius 2 is 1.88 bits per heavy atom. The third kappa shape index (κ3) is 4.37. The molecule has 1 heterocycles. The second kappa shape index (κ2) is 7.68. The molecule has 2 aromatic rings. The van der Waals surface area contributed by atoms with Crippen molar-refractivity contribution in [3.05, 3.63) is 64.7 Å². The van der Waals surface area contributed by atoms with E-state index in [0.29, 0.717) is 29.4 Å². The van der Waals surface area contributed by atoms with Crippen molar-refractivity contribution in [2.45, 2.75) is 19.1 Å². The molecule has 0 bridgehead atoms. The van der Waals surface area contributed by atoms with Gasteiger partial charge in [-0.1, -0.05) is 35.9 Å². The van der Waals surface area contributed by atoms with Crippen LogP contribution in [0.2, 0.25) is 5.02 Å². The van der Waals surface area contributed by atoms with E-state index in [4.69, 9.17) is 16.3 Å². The summed E-state index contributed by atoms with van der Waals surface area (Å²) in [6.07, 6.45) is 0.471. The molecular weight excluding hydrogens is 374 g/mol. The molecule has 2 aromatic carbocycles. The number of ether oxygens (including phenoxy) is 1. The van der Waals surface area contributed by atoms with Gasteiger partial charge in [0.2, 0.25) is 0 Å². The van der Waals surface area contributed by atoms with Gasteiger partial charge < -0.3 is 9.64 Å². The van der Waals surface area contributed by atoms with Crippen LogP contribution < -0.4 is 4.74 Å². The van der Waals surface area contributed by atoms with Gasteiger partial charge in [0.15, 0.2) is 9.84 Å². The minimum atomic E-state index is -3.05. The van der Waals surface area contributed by atoms with E-state index in [-0.39, 0.29) is 23.5 Å². The number of carbonyl (C=O) groups is 1. The van der Waals surface area contributed by atoms with Gasteiger partial charge >= 0.3 is 0 Å². The van der Waals surface area contributed by atoms with Gasteiger partial charge in [-0.25, -0.2) is 8.42 Å². The van der Waals surface area contributed by atoms with Gasteiger partial charge in [0.1, 0.15) is 12.4 Å². The van der Waals surface area contributed by atoms with Crippen LogP contribution in [0.5, 0.6) is 5.75 Å². The van der Waals surface area contributed by atoms with Gasteiger partial charge in [0.05, 0.1) is 17.1 Å². The molecule has 1 unspecified atom stereocenters. The summed E-state index contributed by atoms with van der Waals surface area (Å²) in [5, 5.41) is 0.650. The Balaban J connectivity index is 1.73. The summed E-state index contributed by atoms with van der Waals surface area (Å²) in [6, 6.07) is 14.0. The summed E-state index contributed by atoms with van der Waals surface area (Å²) in [5.41, 5.74) is 1.36. The second-order valence-electron chi connectivity index (χ2n) is 6.38. The van der Waals surface area contributed by atoms with Gasteiger partial charge in [-0.3, -0.25) is 4.79 Å². The van der Waals surface area contributed by atoms with Crippen LogP contribution in [0.15, 0.2) is 48.5 Å². The third-order valence-electron chi connectivity index (χ3n) is 4.50. The number of hydrogen-bond donors (Lipinski definition) is 0. The Hall–Kier alpha value is -2.05. The highest BCUT2D eigenvalue weighted by molar-refractivity contribution is 7.91. The van der Waals surface area contributed by atoms with Crippen molar-refractivity contribution >= 4 is 27.3 Å². The standard InChI is InChI=1S/C19H20ClNO4S/c1-21(16-10-11-26(23,24)13-16)19(22)17-4-2-3-5-18(17)25-12-14-6-8-15(20)9-7-14/h2-9,16H,10-13H2,1H3.